The van der Waals surface area contributed by atoms with Gasteiger partial charge in [-0.3, -0.25) is 14.4 Å². The number of carbonyl (C=O) groups is 3. The van der Waals surface area contributed by atoms with E-state index >= 15 is 0 Å². The molecule has 3 atom stereocenters. The molecule has 1 fully saturated rings. The van der Waals surface area contributed by atoms with Crippen molar-refractivity contribution in [2.45, 2.75) is 45.5 Å². The number of ether oxygens (including phenoxy) is 4. The summed E-state index contributed by atoms with van der Waals surface area (Å²) in [5.74, 6) is -1.50. The van der Waals surface area contributed by atoms with Crippen LogP contribution in [0.2, 0.25) is 0 Å². The van der Waals surface area contributed by atoms with Crippen LogP contribution >= 0.6 is 0 Å². The maximum Gasteiger partial charge on any atom is 0.303 e. The van der Waals surface area contributed by atoms with Crippen LogP contribution < -0.4 is 0 Å². The van der Waals surface area contributed by atoms with Crippen LogP contribution in [0.5, 0.6) is 0 Å². The Balaban J connectivity index is 2.83. The molecular formula is C12H18O7. The van der Waals surface area contributed by atoms with Crippen molar-refractivity contribution in [1.82, 2.24) is 0 Å². The molecule has 19 heavy (non-hydrogen) atoms. The lowest BCUT2D eigenvalue weighted by Gasteiger charge is -2.32. The number of esters is 3. The molecule has 0 unspecified atom stereocenters. The second-order valence-electron chi connectivity index (χ2n) is 4.50. The summed E-state index contributed by atoms with van der Waals surface area (Å²) >= 11 is 0. The normalized spacial score (nSPS) is 29.7. The topological polar surface area (TPSA) is 88.1 Å². The zero-order chi connectivity index (χ0) is 14.6. The second-order valence-corrected chi connectivity index (χ2v) is 4.50. The average molecular weight is 274 g/mol. The Morgan fingerprint density at radius 1 is 1.16 bits per heavy atom. The highest BCUT2D eigenvalue weighted by atomic mass is 16.7. The smallest absolute Gasteiger partial charge is 0.303 e. The fourth-order valence-electron chi connectivity index (χ4n) is 1.94. The molecule has 0 N–H and O–H groups in total. The second kappa shape index (κ2) is 6.01. The lowest BCUT2D eigenvalue weighted by atomic mass is 9.95. The molecule has 108 valence electrons. The van der Waals surface area contributed by atoms with E-state index in [1.807, 2.05) is 0 Å². The molecule has 7 nitrogen and oxygen atoms in total. The van der Waals surface area contributed by atoms with Crippen LogP contribution in [0.3, 0.4) is 0 Å². The third-order valence-corrected chi connectivity index (χ3v) is 2.84. The molecule has 1 heterocycles. The Bertz CT molecular complexity index is 378. The highest BCUT2D eigenvalue weighted by Gasteiger charge is 2.53. The molecule has 1 aliphatic rings. The maximum atomic E-state index is 11.2. The predicted molar refractivity (Wildman–Crippen MR) is 62.1 cm³/mol. The van der Waals surface area contributed by atoms with Gasteiger partial charge in [-0.1, -0.05) is 0 Å². The van der Waals surface area contributed by atoms with Gasteiger partial charge in [0.1, 0.15) is 12.7 Å². The summed E-state index contributed by atoms with van der Waals surface area (Å²) in [6.07, 6.45) is -1.40. The lowest BCUT2D eigenvalue weighted by Crippen LogP contribution is -2.51. The average Bonchev–Trinajstić information content (AvgIpc) is 2.51. The van der Waals surface area contributed by atoms with Gasteiger partial charge in [-0.05, 0) is 6.92 Å². The minimum atomic E-state index is -1.17. The van der Waals surface area contributed by atoms with Crippen LogP contribution in [0.25, 0.3) is 0 Å². The van der Waals surface area contributed by atoms with Crippen molar-refractivity contribution in [1.29, 1.82) is 0 Å². The third-order valence-electron chi connectivity index (χ3n) is 2.84. The number of hydrogen-bond donors (Lipinski definition) is 0. The van der Waals surface area contributed by atoms with Gasteiger partial charge in [-0.2, -0.15) is 0 Å². The van der Waals surface area contributed by atoms with E-state index in [0.29, 0.717) is 0 Å². The predicted octanol–water partition coefficient (Wildman–Crippen LogP) is 0.202. The Morgan fingerprint density at radius 3 is 2.26 bits per heavy atom. The van der Waals surface area contributed by atoms with E-state index in [1.165, 1.54) is 20.8 Å². The first-order valence-electron chi connectivity index (χ1n) is 5.87. The minimum Gasteiger partial charge on any atom is -0.463 e. The van der Waals surface area contributed by atoms with E-state index in [4.69, 9.17) is 18.9 Å². The fourth-order valence-corrected chi connectivity index (χ4v) is 1.94. The van der Waals surface area contributed by atoms with Crippen molar-refractivity contribution >= 4 is 17.9 Å². The number of rotatable bonds is 4. The van der Waals surface area contributed by atoms with Gasteiger partial charge in [-0.25, -0.2) is 0 Å². The lowest BCUT2D eigenvalue weighted by molar-refractivity contribution is -0.182. The molecule has 1 saturated heterocycles. The monoisotopic (exact) mass is 274 g/mol. The summed E-state index contributed by atoms with van der Waals surface area (Å²) in [4.78, 5) is 33.1. The van der Waals surface area contributed by atoms with Gasteiger partial charge in [0.2, 0.25) is 0 Å². The quantitative estimate of drug-likeness (QED) is 0.534. The summed E-state index contributed by atoms with van der Waals surface area (Å²) in [7, 11) is 0. The SMILES string of the molecule is CC(=O)OC[C@H]1OC[C@H](OC(C)=O)[C@@]1(C)OC(C)=O. The highest BCUT2D eigenvalue weighted by Crippen LogP contribution is 2.32. The zero-order valence-corrected chi connectivity index (χ0v) is 11.4. The van der Waals surface area contributed by atoms with Crippen LogP contribution in [0.15, 0.2) is 0 Å². The first-order chi connectivity index (χ1) is 8.75. The molecule has 0 aromatic heterocycles. The summed E-state index contributed by atoms with van der Waals surface area (Å²) in [5, 5.41) is 0. The van der Waals surface area contributed by atoms with Crippen molar-refractivity contribution in [3.8, 4) is 0 Å². The molecular weight excluding hydrogens is 256 g/mol. The van der Waals surface area contributed by atoms with Gasteiger partial charge in [0.05, 0.1) is 6.61 Å². The molecule has 0 radical (unpaired) electrons. The van der Waals surface area contributed by atoms with Gasteiger partial charge in [0.25, 0.3) is 0 Å². The molecule has 0 saturated carbocycles. The Labute approximate surface area is 111 Å². The minimum absolute atomic E-state index is 0.0725. The van der Waals surface area contributed by atoms with Crippen LogP contribution in [-0.4, -0.2) is 48.9 Å². The molecule has 0 aromatic carbocycles. The molecule has 0 amide bonds. The van der Waals surface area contributed by atoms with Gasteiger partial charge in [0.15, 0.2) is 11.7 Å². The number of carbonyl (C=O) groups excluding carboxylic acids is 3. The molecule has 0 aromatic rings. The number of hydrogen-bond acceptors (Lipinski definition) is 7. The van der Waals surface area contributed by atoms with Crippen LogP contribution in [0.4, 0.5) is 0 Å². The first-order valence-corrected chi connectivity index (χ1v) is 5.87. The van der Waals surface area contributed by atoms with Gasteiger partial charge in [0, 0.05) is 20.8 Å². The van der Waals surface area contributed by atoms with E-state index in [1.54, 1.807) is 6.92 Å². The fraction of sp³-hybridized carbons (Fsp3) is 0.750. The molecule has 0 spiro atoms. The highest BCUT2D eigenvalue weighted by molar-refractivity contribution is 5.68. The van der Waals surface area contributed by atoms with Crippen molar-refractivity contribution in [3.63, 3.8) is 0 Å². The zero-order valence-electron chi connectivity index (χ0n) is 11.4. The third kappa shape index (κ3) is 3.92. The van der Waals surface area contributed by atoms with Crippen LogP contribution in [-0.2, 0) is 33.3 Å². The first kappa shape index (κ1) is 15.4. The van der Waals surface area contributed by atoms with Crippen LogP contribution in [0, 0.1) is 0 Å². The van der Waals surface area contributed by atoms with E-state index in [2.05, 4.69) is 0 Å². The molecule has 1 rings (SSSR count). The molecule has 0 aliphatic carbocycles. The summed E-state index contributed by atoms with van der Waals surface area (Å²) in [6.45, 7) is 5.36. The van der Waals surface area contributed by atoms with Crippen molar-refractivity contribution < 1.29 is 33.3 Å². The van der Waals surface area contributed by atoms with Crippen molar-refractivity contribution in [2.75, 3.05) is 13.2 Å². The van der Waals surface area contributed by atoms with E-state index in [9.17, 15) is 14.4 Å². The summed E-state index contributed by atoms with van der Waals surface area (Å²) < 4.78 is 20.6. The summed E-state index contributed by atoms with van der Waals surface area (Å²) in [6, 6.07) is 0. The van der Waals surface area contributed by atoms with Gasteiger partial charge in [-0.15, -0.1) is 0 Å². The molecule has 1 aliphatic heterocycles. The van der Waals surface area contributed by atoms with E-state index in [0.717, 1.165) is 0 Å². The van der Waals surface area contributed by atoms with Crippen LogP contribution in [0.1, 0.15) is 27.7 Å². The van der Waals surface area contributed by atoms with E-state index < -0.39 is 35.7 Å². The van der Waals surface area contributed by atoms with Gasteiger partial charge >= 0.3 is 17.9 Å². The molecule has 0 bridgehead atoms. The Kier molecular flexibility index (Phi) is 4.88. The van der Waals surface area contributed by atoms with Crippen molar-refractivity contribution in [3.05, 3.63) is 0 Å². The standard InChI is InChI=1S/C12H18O7/c1-7(13)16-5-10-12(4,19-9(3)15)11(6-17-10)18-8(2)14/h10-11H,5-6H2,1-4H3/t10-,11+,12+/m1/s1. The van der Waals surface area contributed by atoms with Crippen molar-refractivity contribution in [2.24, 2.45) is 0 Å². The van der Waals surface area contributed by atoms with Gasteiger partial charge < -0.3 is 18.9 Å². The molecule has 7 heteroatoms. The largest absolute Gasteiger partial charge is 0.463 e. The summed E-state index contributed by atoms with van der Waals surface area (Å²) in [5.41, 5.74) is -1.17. The Hall–Kier alpha value is -1.63. The Morgan fingerprint density at radius 2 is 1.79 bits per heavy atom. The maximum absolute atomic E-state index is 11.2. The van der Waals surface area contributed by atoms with E-state index in [-0.39, 0.29) is 13.2 Å².